The molecule has 3 aliphatic rings. The van der Waals surface area contributed by atoms with Crippen LogP contribution in [0.15, 0.2) is 72.8 Å². The van der Waals surface area contributed by atoms with Gasteiger partial charge >= 0.3 is 0 Å². The van der Waals surface area contributed by atoms with Gasteiger partial charge in [-0.2, -0.15) is 0 Å². The highest BCUT2D eigenvalue weighted by Gasteiger charge is 2.69. The highest BCUT2D eigenvalue weighted by molar-refractivity contribution is 6.31. The Morgan fingerprint density at radius 3 is 2.35 bits per heavy atom. The highest BCUT2D eigenvalue weighted by Crippen LogP contribution is 2.52. The molecule has 1 fully saturated rings. The van der Waals surface area contributed by atoms with E-state index in [4.69, 9.17) is 21.1 Å². The van der Waals surface area contributed by atoms with Gasteiger partial charge in [0.1, 0.15) is 17.4 Å². The molecule has 0 radical (unpaired) electrons. The molecule has 1 spiro atoms. The standard InChI is InChI=1S/C29H23ClN2O5/c1-16-5-4-6-17(2)25(16)31-27-24(26(34)21-15-18(30)7-12-22(21)37-27)29(28(31)35)14-13-23(33)32(29)19-8-10-20(36-3)11-9-19/h4-15,24,27H,1-3H3. The van der Waals surface area contributed by atoms with Crippen LogP contribution in [0.2, 0.25) is 5.02 Å². The number of aryl methyl sites for hydroxylation is 2. The van der Waals surface area contributed by atoms with Crippen LogP contribution in [0.3, 0.4) is 0 Å². The van der Waals surface area contributed by atoms with Gasteiger partial charge in [-0.25, -0.2) is 0 Å². The molecule has 0 bridgehead atoms. The molecule has 3 aromatic carbocycles. The number of methoxy groups -OCH3 is 1. The molecule has 2 amide bonds. The SMILES string of the molecule is COc1ccc(N2C(=O)C=CC23C(=O)N(c2c(C)cccc2C)C2Oc4ccc(Cl)cc4C(=O)C23)cc1. The molecular weight excluding hydrogens is 492 g/mol. The van der Waals surface area contributed by atoms with Gasteiger partial charge in [0.2, 0.25) is 0 Å². The smallest absolute Gasteiger partial charge is 0.261 e. The molecular formula is C29H23ClN2O5. The second-order valence-electron chi connectivity index (χ2n) is 9.44. The first-order valence-electron chi connectivity index (χ1n) is 11.9. The van der Waals surface area contributed by atoms with Crippen LogP contribution in [-0.2, 0) is 9.59 Å². The first-order valence-corrected chi connectivity index (χ1v) is 12.2. The van der Waals surface area contributed by atoms with E-state index < -0.39 is 29.5 Å². The lowest BCUT2D eigenvalue weighted by molar-refractivity contribution is -0.123. The summed E-state index contributed by atoms with van der Waals surface area (Å²) < 4.78 is 11.7. The third-order valence-electron chi connectivity index (χ3n) is 7.39. The number of carbonyl (C=O) groups excluding carboxylic acids is 3. The Morgan fingerprint density at radius 1 is 0.973 bits per heavy atom. The van der Waals surface area contributed by atoms with Gasteiger partial charge in [-0.15, -0.1) is 0 Å². The monoisotopic (exact) mass is 514 g/mol. The van der Waals surface area contributed by atoms with E-state index in [1.807, 2.05) is 32.0 Å². The fourth-order valence-electron chi connectivity index (χ4n) is 5.78. The second kappa shape index (κ2) is 8.21. The summed E-state index contributed by atoms with van der Waals surface area (Å²) in [5, 5.41) is 0.379. The minimum atomic E-state index is -1.62. The van der Waals surface area contributed by atoms with Crippen molar-refractivity contribution < 1.29 is 23.9 Å². The van der Waals surface area contributed by atoms with Gasteiger partial charge in [0.15, 0.2) is 17.6 Å². The van der Waals surface area contributed by atoms with E-state index >= 15 is 0 Å². The summed E-state index contributed by atoms with van der Waals surface area (Å²) >= 11 is 6.23. The van der Waals surface area contributed by atoms with Crippen molar-refractivity contribution in [2.75, 3.05) is 16.9 Å². The van der Waals surface area contributed by atoms with E-state index in [-0.39, 0.29) is 11.3 Å². The number of rotatable bonds is 3. The Bertz CT molecular complexity index is 1490. The topological polar surface area (TPSA) is 76.2 Å². The summed E-state index contributed by atoms with van der Waals surface area (Å²) in [5.41, 5.74) is 1.50. The summed E-state index contributed by atoms with van der Waals surface area (Å²) in [6.07, 6.45) is 1.93. The Morgan fingerprint density at radius 2 is 1.68 bits per heavy atom. The molecule has 6 rings (SSSR count). The number of benzene rings is 3. The molecule has 3 heterocycles. The molecule has 186 valence electrons. The first kappa shape index (κ1) is 23.3. The minimum absolute atomic E-state index is 0.284. The zero-order valence-corrected chi connectivity index (χ0v) is 21.2. The van der Waals surface area contributed by atoms with Gasteiger partial charge in [-0.3, -0.25) is 24.2 Å². The second-order valence-corrected chi connectivity index (χ2v) is 9.87. The minimum Gasteiger partial charge on any atom is -0.497 e. The van der Waals surface area contributed by atoms with Crippen molar-refractivity contribution in [1.29, 1.82) is 0 Å². The van der Waals surface area contributed by atoms with E-state index in [9.17, 15) is 14.4 Å². The van der Waals surface area contributed by atoms with Crippen molar-refractivity contribution in [3.8, 4) is 11.5 Å². The number of hydrogen-bond acceptors (Lipinski definition) is 5. The van der Waals surface area contributed by atoms with Crippen LogP contribution in [-0.4, -0.2) is 36.5 Å². The Labute approximate surface area is 218 Å². The predicted octanol–water partition coefficient (Wildman–Crippen LogP) is 4.87. The van der Waals surface area contributed by atoms with Gasteiger partial charge in [-0.05, 0) is 73.5 Å². The van der Waals surface area contributed by atoms with Crippen LogP contribution >= 0.6 is 11.6 Å². The van der Waals surface area contributed by atoms with Crippen molar-refractivity contribution >= 4 is 40.6 Å². The fourth-order valence-corrected chi connectivity index (χ4v) is 5.95. The van der Waals surface area contributed by atoms with Crippen molar-refractivity contribution in [1.82, 2.24) is 0 Å². The molecule has 37 heavy (non-hydrogen) atoms. The summed E-state index contributed by atoms with van der Waals surface area (Å²) in [7, 11) is 1.55. The summed E-state index contributed by atoms with van der Waals surface area (Å²) in [5.74, 6) is -1.20. The largest absolute Gasteiger partial charge is 0.497 e. The van der Waals surface area contributed by atoms with Crippen molar-refractivity contribution in [2.45, 2.75) is 25.6 Å². The number of fused-ring (bicyclic) bond motifs is 3. The van der Waals surface area contributed by atoms with Crippen LogP contribution in [0.25, 0.3) is 0 Å². The number of nitrogens with zero attached hydrogens (tertiary/aromatic N) is 2. The summed E-state index contributed by atoms with van der Waals surface area (Å²) in [6.45, 7) is 3.82. The number of para-hydroxylation sites is 1. The Kier molecular flexibility index (Phi) is 5.17. The maximum Gasteiger partial charge on any atom is 0.261 e. The maximum absolute atomic E-state index is 14.6. The molecule has 8 heteroatoms. The number of halogens is 1. The summed E-state index contributed by atoms with van der Waals surface area (Å²) in [6, 6.07) is 17.4. The van der Waals surface area contributed by atoms with Crippen LogP contribution in [0.5, 0.6) is 11.5 Å². The van der Waals surface area contributed by atoms with Gasteiger partial charge in [0.05, 0.1) is 18.4 Å². The molecule has 7 nitrogen and oxygen atoms in total. The average molecular weight is 515 g/mol. The number of anilines is 2. The van der Waals surface area contributed by atoms with Crippen molar-refractivity contribution in [3.63, 3.8) is 0 Å². The fraction of sp³-hybridized carbons (Fsp3) is 0.207. The molecule has 0 aliphatic carbocycles. The summed E-state index contributed by atoms with van der Waals surface area (Å²) in [4.78, 5) is 45.1. The molecule has 3 aromatic rings. The number of Topliss-reactive ketones (excluding diaryl/α,β-unsaturated/α-hetero) is 1. The highest BCUT2D eigenvalue weighted by atomic mass is 35.5. The average Bonchev–Trinajstić information content (AvgIpc) is 3.34. The zero-order valence-electron chi connectivity index (χ0n) is 20.4. The molecule has 3 aliphatic heterocycles. The third-order valence-corrected chi connectivity index (χ3v) is 7.63. The first-order chi connectivity index (χ1) is 17.8. The van der Waals surface area contributed by atoms with Gasteiger partial charge < -0.3 is 9.47 Å². The number of carbonyl (C=O) groups is 3. The van der Waals surface area contributed by atoms with E-state index in [2.05, 4.69) is 0 Å². The lowest BCUT2D eigenvalue weighted by atomic mass is 9.78. The predicted molar refractivity (Wildman–Crippen MR) is 139 cm³/mol. The molecule has 0 saturated carbocycles. The van der Waals surface area contributed by atoms with Crippen molar-refractivity contribution in [2.24, 2.45) is 5.92 Å². The molecule has 3 unspecified atom stereocenters. The molecule has 0 N–H and O–H groups in total. The number of amides is 2. The quantitative estimate of drug-likeness (QED) is 0.498. The zero-order chi connectivity index (χ0) is 26.1. The number of ether oxygens (including phenoxy) is 2. The maximum atomic E-state index is 14.6. The van der Waals surface area contributed by atoms with Gasteiger partial charge in [-0.1, -0.05) is 29.8 Å². The van der Waals surface area contributed by atoms with E-state index in [1.54, 1.807) is 60.6 Å². The van der Waals surface area contributed by atoms with Gasteiger partial charge in [0, 0.05) is 16.8 Å². The molecule has 3 atom stereocenters. The lowest BCUT2D eigenvalue weighted by Gasteiger charge is -2.38. The number of ketones is 1. The normalized spacial score (nSPS) is 23.9. The van der Waals surface area contributed by atoms with Crippen LogP contribution in [0, 0.1) is 19.8 Å². The molecule has 1 saturated heterocycles. The van der Waals surface area contributed by atoms with Crippen LogP contribution < -0.4 is 19.3 Å². The van der Waals surface area contributed by atoms with E-state index in [1.165, 1.54) is 11.0 Å². The van der Waals surface area contributed by atoms with Crippen LogP contribution in [0.1, 0.15) is 21.5 Å². The van der Waals surface area contributed by atoms with Crippen molar-refractivity contribution in [3.05, 3.63) is 94.5 Å². The molecule has 0 aromatic heterocycles. The lowest BCUT2D eigenvalue weighted by Crippen LogP contribution is -2.58. The van der Waals surface area contributed by atoms with Gasteiger partial charge in [0.25, 0.3) is 11.8 Å². The Balaban J connectivity index is 1.60. The van der Waals surface area contributed by atoms with E-state index in [0.29, 0.717) is 27.9 Å². The Hall–Kier alpha value is -4.10. The van der Waals surface area contributed by atoms with Crippen LogP contribution in [0.4, 0.5) is 11.4 Å². The van der Waals surface area contributed by atoms with E-state index in [0.717, 1.165) is 11.1 Å². The number of hydrogen-bond donors (Lipinski definition) is 0. The third kappa shape index (κ3) is 3.17.